The van der Waals surface area contributed by atoms with E-state index in [0.717, 1.165) is 28.3 Å². The molecule has 0 saturated carbocycles. The first kappa shape index (κ1) is 19.2. The molecule has 0 saturated heterocycles. The summed E-state index contributed by atoms with van der Waals surface area (Å²) in [6.45, 7) is 8.55. The number of ketones is 1. The van der Waals surface area contributed by atoms with Gasteiger partial charge in [-0.05, 0) is 42.5 Å². The van der Waals surface area contributed by atoms with Crippen LogP contribution in [-0.4, -0.2) is 25.5 Å². The van der Waals surface area contributed by atoms with Gasteiger partial charge in [-0.2, -0.15) is 0 Å². The van der Waals surface area contributed by atoms with Crippen molar-refractivity contribution in [3.05, 3.63) is 52.4 Å². The van der Waals surface area contributed by atoms with Gasteiger partial charge in [0, 0.05) is 30.2 Å². The van der Waals surface area contributed by atoms with E-state index < -0.39 is 0 Å². The van der Waals surface area contributed by atoms with Crippen molar-refractivity contribution < 1.29 is 19.1 Å². The van der Waals surface area contributed by atoms with E-state index >= 15 is 0 Å². The van der Waals surface area contributed by atoms with Gasteiger partial charge in [-0.25, -0.2) is 4.79 Å². The van der Waals surface area contributed by atoms with Crippen LogP contribution >= 0.6 is 0 Å². The van der Waals surface area contributed by atoms with Crippen molar-refractivity contribution in [2.45, 2.75) is 46.5 Å². The Kier molecular flexibility index (Phi) is 5.13. The first-order chi connectivity index (χ1) is 12.8. The number of rotatable bonds is 4. The second-order valence-corrected chi connectivity index (χ2v) is 7.76. The zero-order chi connectivity index (χ0) is 19.8. The molecule has 1 heterocycles. The molecule has 2 aliphatic rings. The maximum atomic E-state index is 12.6. The van der Waals surface area contributed by atoms with Gasteiger partial charge in [0.05, 0.1) is 19.3 Å². The van der Waals surface area contributed by atoms with E-state index in [9.17, 15) is 9.59 Å². The summed E-state index contributed by atoms with van der Waals surface area (Å²) in [6.07, 6.45) is 0.840. The van der Waals surface area contributed by atoms with Crippen molar-refractivity contribution in [1.29, 1.82) is 0 Å². The predicted octanol–water partition coefficient (Wildman–Crippen LogP) is 3.86. The van der Waals surface area contributed by atoms with Crippen LogP contribution in [0.2, 0.25) is 0 Å². The number of nitrogens with one attached hydrogen (secondary N) is 1. The van der Waals surface area contributed by atoms with E-state index in [-0.39, 0.29) is 23.1 Å². The minimum Gasteiger partial charge on any atom is -0.494 e. The van der Waals surface area contributed by atoms with Crippen molar-refractivity contribution in [3.8, 4) is 5.75 Å². The van der Waals surface area contributed by atoms with Gasteiger partial charge in [-0.1, -0.05) is 26.0 Å². The number of carbonyl (C=O) groups is 2. The number of hydrogen-bond acceptors (Lipinski definition) is 5. The minimum absolute atomic E-state index is 0.214. The third-order valence-corrected chi connectivity index (χ3v) is 5.32. The Hall–Kier alpha value is -2.56. The van der Waals surface area contributed by atoms with Crippen molar-refractivity contribution in [3.63, 3.8) is 0 Å². The molecular formula is C22H27NO4. The van der Waals surface area contributed by atoms with E-state index in [1.165, 1.54) is 7.11 Å². The average molecular weight is 369 g/mol. The molecule has 1 aliphatic heterocycles. The quantitative estimate of drug-likeness (QED) is 0.817. The number of ether oxygens (including phenoxy) is 2. The van der Waals surface area contributed by atoms with Crippen molar-refractivity contribution in [1.82, 2.24) is 5.32 Å². The topological polar surface area (TPSA) is 64.6 Å². The van der Waals surface area contributed by atoms with Crippen molar-refractivity contribution in [2.24, 2.45) is 5.41 Å². The van der Waals surface area contributed by atoms with E-state index in [1.54, 1.807) is 0 Å². The zero-order valence-electron chi connectivity index (χ0n) is 16.6. The molecule has 1 aromatic carbocycles. The zero-order valence-corrected chi connectivity index (χ0v) is 16.6. The number of carbonyl (C=O) groups excluding carboxylic acids is 2. The molecular weight excluding hydrogens is 342 g/mol. The van der Waals surface area contributed by atoms with Gasteiger partial charge >= 0.3 is 5.97 Å². The fraction of sp³-hybridized carbons (Fsp3) is 0.455. The molecule has 144 valence electrons. The van der Waals surface area contributed by atoms with E-state index in [2.05, 4.69) is 19.2 Å². The molecule has 1 N–H and O–H groups in total. The molecule has 1 atom stereocenters. The number of benzene rings is 1. The average Bonchev–Trinajstić information content (AvgIpc) is 2.60. The Balaban J connectivity index is 2.16. The van der Waals surface area contributed by atoms with Crippen LogP contribution in [0.5, 0.6) is 5.75 Å². The van der Waals surface area contributed by atoms with Gasteiger partial charge in [0.25, 0.3) is 0 Å². The Morgan fingerprint density at radius 1 is 1.26 bits per heavy atom. The summed E-state index contributed by atoms with van der Waals surface area (Å²) < 4.78 is 10.6. The van der Waals surface area contributed by atoms with Crippen molar-refractivity contribution in [2.75, 3.05) is 13.7 Å². The van der Waals surface area contributed by atoms with E-state index in [1.807, 2.05) is 38.1 Å². The molecule has 5 heteroatoms. The van der Waals surface area contributed by atoms with E-state index in [0.29, 0.717) is 25.0 Å². The second-order valence-electron chi connectivity index (χ2n) is 7.76. The van der Waals surface area contributed by atoms with Crippen LogP contribution in [0.3, 0.4) is 0 Å². The maximum Gasteiger partial charge on any atom is 0.336 e. The van der Waals surface area contributed by atoms with Crippen LogP contribution in [0.4, 0.5) is 0 Å². The molecule has 0 fully saturated rings. The number of Topliss-reactive ketones (excluding diaryl/α,β-unsaturated/α-hetero) is 1. The highest BCUT2D eigenvalue weighted by Crippen LogP contribution is 2.51. The van der Waals surface area contributed by atoms with Crippen LogP contribution in [0, 0.1) is 5.41 Å². The monoisotopic (exact) mass is 369 g/mol. The fourth-order valence-corrected chi connectivity index (χ4v) is 4.32. The van der Waals surface area contributed by atoms with Gasteiger partial charge < -0.3 is 14.8 Å². The third-order valence-electron chi connectivity index (χ3n) is 5.32. The predicted molar refractivity (Wildman–Crippen MR) is 103 cm³/mol. The maximum absolute atomic E-state index is 12.6. The van der Waals surface area contributed by atoms with Crippen LogP contribution in [0.1, 0.15) is 52.0 Å². The summed E-state index contributed by atoms with van der Waals surface area (Å²) >= 11 is 0. The SMILES string of the molecule is CCOc1ccc([C@H]2C(C(=O)OC)=C(C)NC3=C2C(C)(C)CC(=O)C3)cc1. The van der Waals surface area contributed by atoms with Gasteiger partial charge in [0.15, 0.2) is 0 Å². The summed E-state index contributed by atoms with van der Waals surface area (Å²) in [5, 5.41) is 3.31. The minimum atomic E-state index is -0.349. The lowest BCUT2D eigenvalue weighted by molar-refractivity contribution is -0.136. The van der Waals surface area contributed by atoms with Crippen LogP contribution in [0.15, 0.2) is 46.8 Å². The first-order valence-corrected chi connectivity index (χ1v) is 9.32. The number of esters is 1. The smallest absolute Gasteiger partial charge is 0.336 e. The molecule has 3 rings (SSSR count). The lowest BCUT2D eigenvalue weighted by Crippen LogP contribution is -2.39. The summed E-state index contributed by atoms with van der Waals surface area (Å²) in [5.41, 5.74) is 4.00. The molecule has 0 unspecified atom stereocenters. The second kappa shape index (κ2) is 7.22. The number of hydrogen-bond donors (Lipinski definition) is 1. The summed E-state index contributed by atoms with van der Waals surface area (Å²) in [5.74, 6) is 0.416. The van der Waals surface area contributed by atoms with Crippen LogP contribution < -0.4 is 10.1 Å². The lowest BCUT2D eigenvalue weighted by Gasteiger charge is -2.43. The largest absolute Gasteiger partial charge is 0.494 e. The summed E-state index contributed by atoms with van der Waals surface area (Å²) in [4.78, 5) is 24.9. The number of dihydropyridines is 1. The van der Waals surface area contributed by atoms with Gasteiger partial charge in [-0.15, -0.1) is 0 Å². The Morgan fingerprint density at radius 3 is 2.52 bits per heavy atom. The summed E-state index contributed by atoms with van der Waals surface area (Å²) in [6, 6.07) is 7.83. The number of methoxy groups -OCH3 is 1. The Bertz CT molecular complexity index is 830. The highest BCUT2D eigenvalue weighted by molar-refractivity contribution is 5.94. The molecule has 1 aliphatic carbocycles. The molecule has 0 spiro atoms. The van der Waals surface area contributed by atoms with Crippen LogP contribution in [-0.2, 0) is 14.3 Å². The first-order valence-electron chi connectivity index (χ1n) is 9.32. The Morgan fingerprint density at radius 2 is 1.93 bits per heavy atom. The van der Waals surface area contributed by atoms with Gasteiger partial charge in [0.2, 0.25) is 0 Å². The van der Waals surface area contributed by atoms with Gasteiger partial charge in [-0.3, -0.25) is 4.79 Å². The van der Waals surface area contributed by atoms with E-state index in [4.69, 9.17) is 9.47 Å². The lowest BCUT2D eigenvalue weighted by atomic mass is 9.64. The number of allylic oxidation sites excluding steroid dienone is 3. The highest BCUT2D eigenvalue weighted by Gasteiger charge is 2.44. The molecule has 1 aromatic rings. The fourth-order valence-electron chi connectivity index (χ4n) is 4.32. The highest BCUT2D eigenvalue weighted by atomic mass is 16.5. The third kappa shape index (κ3) is 3.51. The molecule has 0 radical (unpaired) electrons. The molecule has 0 bridgehead atoms. The van der Waals surface area contributed by atoms with Crippen LogP contribution in [0.25, 0.3) is 0 Å². The Labute approximate surface area is 160 Å². The molecule has 0 amide bonds. The van der Waals surface area contributed by atoms with Gasteiger partial charge in [0.1, 0.15) is 11.5 Å². The molecule has 0 aromatic heterocycles. The standard InChI is InChI=1S/C22H27NO4/c1-6-27-16-9-7-14(8-10-16)19-18(21(25)26-5)13(2)23-17-11-15(24)12-22(3,4)20(17)19/h7-10,19,23H,6,11-12H2,1-5H3/t19-/m0/s1. The van der Waals surface area contributed by atoms with Crippen molar-refractivity contribution >= 4 is 11.8 Å². The molecule has 27 heavy (non-hydrogen) atoms. The normalized spacial score (nSPS) is 21.5. The molecule has 5 nitrogen and oxygen atoms in total. The summed E-state index contributed by atoms with van der Waals surface area (Å²) in [7, 11) is 1.40.